The Kier molecular flexibility index (Phi) is 5.75. The molecule has 0 atom stereocenters. The first-order valence-corrected chi connectivity index (χ1v) is 13.0. The number of rotatable bonds is 5. The molecule has 2 aliphatic heterocycles. The van der Waals surface area contributed by atoms with Crippen LogP contribution < -0.4 is 9.80 Å². The number of benzene rings is 2. The van der Waals surface area contributed by atoms with Crippen molar-refractivity contribution in [2.45, 2.75) is 44.4 Å². The van der Waals surface area contributed by atoms with Gasteiger partial charge in [0.05, 0.1) is 23.9 Å². The van der Waals surface area contributed by atoms with E-state index in [0.717, 1.165) is 37.1 Å². The molecule has 192 valence electrons. The number of ether oxygens (including phenoxy) is 1. The number of hydrogen-bond donors (Lipinski definition) is 0. The number of piperidine rings is 1. The van der Waals surface area contributed by atoms with E-state index >= 15 is 0 Å². The fourth-order valence-electron chi connectivity index (χ4n) is 5.59. The van der Waals surface area contributed by atoms with Gasteiger partial charge in [-0.2, -0.15) is 10.4 Å². The number of aromatic nitrogens is 2. The third kappa shape index (κ3) is 3.84. The molecule has 38 heavy (non-hydrogen) atoms. The predicted octanol–water partition coefficient (Wildman–Crippen LogP) is 4.13. The van der Waals surface area contributed by atoms with Gasteiger partial charge in [-0.05, 0) is 75.1 Å². The van der Waals surface area contributed by atoms with E-state index in [4.69, 9.17) is 4.74 Å². The van der Waals surface area contributed by atoms with Crippen molar-refractivity contribution in [2.75, 3.05) is 29.5 Å². The molecule has 3 aliphatic rings. The van der Waals surface area contributed by atoms with Gasteiger partial charge >= 0.3 is 5.97 Å². The van der Waals surface area contributed by atoms with Crippen LogP contribution in [0, 0.1) is 11.3 Å². The number of anilines is 2. The summed E-state index contributed by atoms with van der Waals surface area (Å²) >= 11 is 0. The number of hydrogen-bond acceptors (Lipinski definition) is 6. The molecule has 2 aromatic carbocycles. The Balaban J connectivity index is 1.44. The quantitative estimate of drug-likeness (QED) is 0.479. The number of amides is 2. The summed E-state index contributed by atoms with van der Waals surface area (Å²) in [5.74, 6) is -0.707. The molecule has 1 aliphatic carbocycles. The van der Waals surface area contributed by atoms with Crippen LogP contribution in [0.5, 0.6) is 0 Å². The maximum Gasteiger partial charge on any atom is 0.359 e. The van der Waals surface area contributed by atoms with Gasteiger partial charge in [-0.3, -0.25) is 9.59 Å². The number of fused-ring (bicyclic) bond motifs is 2. The minimum atomic E-state index is -0.554. The van der Waals surface area contributed by atoms with Crippen LogP contribution in [0.15, 0.2) is 48.5 Å². The summed E-state index contributed by atoms with van der Waals surface area (Å²) in [6.45, 7) is 3.06. The van der Waals surface area contributed by atoms with E-state index in [1.807, 2.05) is 24.3 Å². The summed E-state index contributed by atoms with van der Waals surface area (Å²) in [5, 5.41) is 14.0. The molecular formula is C29H27N5O4. The van der Waals surface area contributed by atoms with Crippen molar-refractivity contribution in [3.05, 3.63) is 71.0 Å². The highest BCUT2D eigenvalue weighted by Crippen LogP contribution is 2.54. The molecule has 1 spiro atoms. The SMILES string of the molecule is CCOC(=O)c1nn(-c2cccc(C#N)c2)c2c1C1(CC1)CN(c1ccc(N3CCCCC3=O)cc1)C2=O. The van der Waals surface area contributed by atoms with E-state index in [0.29, 0.717) is 42.0 Å². The van der Waals surface area contributed by atoms with E-state index in [2.05, 4.69) is 11.2 Å². The van der Waals surface area contributed by atoms with Gasteiger partial charge in [0.2, 0.25) is 5.91 Å². The number of carbonyl (C=O) groups excluding carboxylic acids is 3. The second-order valence-corrected chi connectivity index (χ2v) is 10.1. The summed E-state index contributed by atoms with van der Waals surface area (Å²) in [5.41, 5.74) is 3.22. The molecule has 0 unspecified atom stereocenters. The van der Waals surface area contributed by atoms with Gasteiger partial charge in [-0.1, -0.05) is 6.07 Å². The lowest BCUT2D eigenvalue weighted by molar-refractivity contribution is -0.119. The van der Waals surface area contributed by atoms with Crippen LogP contribution in [0.4, 0.5) is 11.4 Å². The van der Waals surface area contributed by atoms with Crippen molar-refractivity contribution >= 4 is 29.2 Å². The normalized spacial score (nSPS) is 17.8. The Hall–Kier alpha value is -4.45. The highest BCUT2D eigenvalue weighted by atomic mass is 16.5. The summed E-state index contributed by atoms with van der Waals surface area (Å²) in [7, 11) is 0. The molecule has 6 rings (SSSR count). The number of nitriles is 1. The van der Waals surface area contributed by atoms with Crippen LogP contribution in [-0.4, -0.2) is 47.3 Å². The highest BCUT2D eigenvalue weighted by molar-refractivity contribution is 6.10. The summed E-state index contributed by atoms with van der Waals surface area (Å²) in [6, 6.07) is 16.5. The van der Waals surface area contributed by atoms with Crippen molar-refractivity contribution < 1.29 is 19.1 Å². The van der Waals surface area contributed by atoms with Crippen molar-refractivity contribution in [3.63, 3.8) is 0 Å². The van der Waals surface area contributed by atoms with Gasteiger partial charge in [0.15, 0.2) is 5.69 Å². The van der Waals surface area contributed by atoms with E-state index < -0.39 is 11.4 Å². The summed E-state index contributed by atoms with van der Waals surface area (Å²) in [6.07, 6.45) is 4.08. The fourth-order valence-corrected chi connectivity index (χ4v) is 5.59. The van der Waals surface area contributed by atoms with Crippen LogP contribution in [0.3, 0.4) is 0 Å². The van der Waals surface area contributed by atoms with Crippen molar-refractivity contribution in [3.8, 4) is 11.8 Å². The topological polar surface area (TPSA) is 109 Å². The molecule has 9 heteroatoms. The molecule has 2 amide bonds. The highest BCUT2D eigenvalue weighted by Gasteiger charge is 2.56. The maximum absolute atomic E-state index is 14.1. The zero-order chi connectivity index (χ0) is 26.4. The monoisotopic (exact) mass is 509 g/mol. The fraction of sp³-hybridized carbons (Fsp3) is 0.345. The van der Waals surface area contributed by atoms with Crippen LogP contribution in [0.25, 0.3) is 5.69 Å². The smallest absolute Gasteiger partial charge is 0.359 e. The Bertz CT molecular complexity index is 1500. The van der Waals surface area contributed by atoms with Crippen LogP contribution >= 0.6 is 0 Å². The van der Waals surface area contributed by atoms with E-state index in [1.165, 1.54) is 4.68 Å². The zero-order valence-corrected chi connectivity index (χ0v) is 21.1. The summed E-state index contributed by atoms with van der Waals surface area (Å²) < 4.78 is 6.80. The van der Waals surface area contributed by atoms with Crippen LogP contribution in [0.1, 0.15) is 71.1 Å². The molecule has 0 N–H and O–H groups in total. The van der Waals surface area contributed by atoms with Gasteiger partial charge in [0.1, 0.15) is 5.69 Å². The van der Waals surface area contributed by atoms with E-state index in [-0.39, 0.29) is 24.1 Å². The first kappa shape index (κ1) is 23.9. The third-order valence-corrected chi connectivity index (χ3v) is 7.66. The lowest BCUT2D eigenvalue weighted by Gasteiger charge is -2.34. The Labute approximate surface area is 220 Å². The Morgan fingerprint density at radius 1 is 1.05 bits per heavy atom. The van der Waals surface area contributed by atoms with Gasteiger partial charge < -0.3 is 14.5 Å². The first-order chi connectivity index (χ1) is 18.5. The zero-order valence-electron chi connectivity index (χ0n) is 21.1. The molecule has 1 saturated carbocycles. The average molecular weight is 510 g/mol. The number of nitrogens with zero attached hydrogens (tertiary/aromatic N) is 5. The number of esters is 1. The van der Waals surface area contributed by atoms with E-state index in [1.54, 1.807) is 41.0 Å². The average Bonchev–Trinajstić information content (AvgIpc) is 3.59. The molecule has 3 aromatic rings. The Morgan fingerprint density at radius 2 is 1.79 bits per heavy atom. The lowest BCUT2D eigenvalue weighted by atomic mass is 9.88. The van der Waals surface area contributed by atoms with Gasteiger partial charge in [-0.15, -0.1) is 0 Å². The van der Waals surface area contributed by atoms with Crippen molar-refractivity contribution in [1.29, 1.82) is 5.26 Å². The molecule has 1 aromatic heterocycles. The standard InChI is InChI=1S/C29H27N5O4/c1-2-38-28(37)25-24-26(34(31-25)22-7-5-6-19(16-22)17-30)27(36)33(18-29(24)13-14-29)21-11-9-20(10-12-21)32-15-4-3-8-23(32)35/h5-7,9-12,16H,2-4,8,13-15,18H2,1H3. The van der Waals surface area contributed by atoms with Crippen LogP contribution in [0.2, 0.25) is 0 Å². The van der Waals surface area contributed by atoms with E-state index in [9.17, 15) is 19.6 Å². The van der Waals surface area contributed by atoms with Crippen molar-refractivity contribution in [2.24, 2.45) is 0 Å². The Morgan fingerprint density at radius 3 is 2.45 bits per heavy atom. The maximum atomic E-state index is 14.1. The molecule has 0 bridgehead atoms. The summed E-state index contributed by atoms with van der Waals surface area (Å²) in [4.78, 5) is 43.0. The third-order valence-electron chi connectivity index (χ3n) is 7.66. The van der Waals surface area contributed by atoms with Crippen molar-refractivity contribution in [1.82, 2.24) is 9.78 Å². The van der Waals surface area contributed by atoms with Gasteiger partial charge in [0.25, 0.3) is 5.91 Å². The predicted molar refractivity (Wildman–Crippen MR) is 139 cm³/mol. The largest absolute Gasteiger partial charge is 0.461 e. The second kappa shape index (κ2) is 9.14. The molecule has 3 heterocycles. The molecule has 0 radical (unpaired) electrons. The minimum Gasteiger partial charge on any atom is -0.461 e. The van der Waals surface area contributed by atoms with Gasteiger partial charge in [-0.25, -0.2) is 9.48 Å². The molecule has 2 fully saturated rings. The molecule has 1 saturated heterocycles. The second-order valence-electron chi connectivity index (χ2n) is 10.1. The molecular weight excluding hydrogens is 482 g/mol. The number of carbonyl (C=O) groups is 3. The minimum absolute atomic E-state index is 0.120. The van der Waals surface area contributed by atoms with Gasteiger partial charge in [0, 0.05) is 41.9 Å². The van der Waals surface area contributed by atoms with Crippen LogP contribution in [-0.2, 0) is 14.9 Å². The lowest BCUT2D eigenvalue weighted by Crippen LogP contribution is -2.44. The first-order valence-electron chi connectivity index (χ1n) is 13.0. The molecule has 9 nitrogen and oxygen atoms in total.